The van der Waals surface area contributed by atoms with Gasteiger partial charge < -0.3 is 10.2 Å². The van der Waals surface area contributed by atoms with Crippen LogP contribution in [-0.4, -0.2) is 40.0 Å². The van der Waals surface area contributed by atoms with Crippen LogP contribution < -0.4 is 10.2 Å². The molecule has 27 heavy (non-hydrogen) atoms. The second kappa shape index (κ2) is 7.79. The van der Waals surface area contributed by atoms with Gasteiger partial charge in [-0.3, -0.25) is 9.78 Å². The molecule has 0 aliphatic carbocycles. The number of carbonyl (C=O) groups is 1. The van der Waals surface area contributed by atoms with Gasteiger partial charge in [0.05, 0.1) is 11.9 Å². The molecule has 1 N–H and O–H groups in total. The van der Waals surface area contributed by atoms with Crippen LogP contribution in [0.25, 0.3) is 11.3 Å². The van der Waals surface area contributed by atoms with Crippen molar-refractivity contribution in [2.24, 2.45) is 0 Å². The van der Waals surface area contributed by atoms with Gasteiger partial charge in [0.15, 0.2) is 5.13 Å². The zero-order valence-corrected chi connectivity index (χ0v) is 15.3. The average Bonchev–Trinajstić information content (AvgIpc) is 3.20. The minimum Gasteiger partial charge on any atom is -0.348 e. The Hall–Kier alpha value is -2.87. The molecule has 3 aromatic rings. The number of nitrogens with zero attached hydrogens (tertiary/aromatic N) is 4. The molecule has 1 amide bonds. The van der Waals surface area contributed by atoms with Crippen LogP contribution in [0.3, 0.4) is 0 Å². The van der Waals surface area contributed by atoms with Crippen LogP contribution in [0.5, 0.6) is 0 Å². The predicted octanol–water partition coefficient (Wildman–Crippen LogP) is 3.14. The van der Waals surface area contributed by atoms with Crippen LogP contribution >= 0.6 is 11.3 Å². The number of halogens is 1. The van der Waals surface area contributed by atoms with Crippen LogP contribution in [0.4, 0.5) is 9.52 Å². The first-order valence-corrected chi connectivity index (χ1v) is 9.60. The maximum absolute atomic E-state index is 13.1. The van der Waals surface area contributed by atoms with Crippen molar-refractivity contribution < 1.29 is 9.18 Å². The van der Waals surface area contributed by atoms with Gasteiger partial charge in [0.25, 0.3) is 5.91 Å². The number of rotatable bonds is 4. The van der Waals surface area contributed by atoms with Crippen molar-refractivity contribution >= 4 is 22.4 Å². The van der Waals surface area contributed by atoms with E-state index in [1.54, 1.807) is 29.7 Å². The highest BCUT2D eigenvalue weighted by atomic mass is 32.1. The molecule has 0 atom stereocenters. The summed E-state index contributed by atoms with van der Waals surface area (Å²) in [4.78, 5) is 27.0. The molecule has 1 saturated heterocycles. The monoisotopic (exact) mass is 383 g/mol. The quantitative estimate of drug-likeness (QED) is 0.749. The van der Waals surface area contributed by atoms with Crippen LogP contribution in [0.15, 0.2) is 48.2 Å². The standard InChI is InChI=1S/C19H18FN5OS/c20-14-3-1-13(2-4-14)17-12-27-19(24-17)25-9-5-15(6-10-25)23-18(26)16-11-21-7-8-22-16/h1-4,7-8,11-12,15H,5-6,9-10H2,(H,23,26). The van der Waals surface area contributed by atoms with Crippen LogP contribution in [0, 0.1) is 5.82 Å². The number of aromatic nitrogens is 3. The van der Waals surface area contributed by atoms with Crippen molar-refractivity contribution in [1.82, 2.24) is 20.3 Å². The Labute approximate surface area is 160 Å². The number of benzene rings is 1. The lowest BCUT2D eigenvalue weighted by molar-refractivity contribution is 0.0925. The number of hydrogen-bond acceptors (Lipinski definition) is 6. The number of anilines is 1. The number of hydrogen-bond donors (Lipinski definition) is 1. The predicted molar refractivity (Wildman–Crippen MR) is 102 cm³/mol. The van der Waals surface area contributed by atoms with Crippen LogP contribution in [-0.2, 0) is 0 Å². The first kappa shape index (κ1) is 17.5. The van der Waals surface area contributed by atoms with E-state index in [1.807, 2.05) is 5.38 Å². The molecular formula is C19H18FN5OS. The summed E-state index contributed by atoms with van der Waals surface area (Å²) in [5, 5.41) is 5.97. The number of carbonyl (C=O) groups excluding carboxylic acids is 1. The van der Waals surface area contributed by atoms with E-state index in [0.29, 0.717) is 5.69 Å². The van der Waals surface area contributed by atoms with Crippen LogP contribution in [0.1, 0.15) is 23.3 Å². The minimum absolute atomic E-state index is 0.118. The molecule has 8 heteroatoms. The normalized spacial score (nSPS) is 14.9. The van der Waals surface area contributed by atoms with E-state index in [0.717, 1.165) is 42.3 Å². The number of piperidine rings is 1. The van der Waals surface area contributed by atoms with E-state index in [-0.39, 0.29) is 17.8 Å². The Morgan fingerprint density at radius 3 is 2.67 bits per heavy atom. The van der Waals surface area contributed by atoms with Gasteiger partial charge in [-0.2, -0.15) is 0 Å². The highest BCUT2D eigenvalue weighted by molar-refractivity contribution is 7.14. The third-order valence-corrected chi connectivity index (χ3v) is 5.43. The molecule has 0 bridgehead atoms. The van der Waals surface area contributed by atoms with Crippen molar-refractivity contribution in [1.29, 1.82) is 0 Å². The van der Waals surface area contributed by atoms with E-state index in [4.69, 9.17) is 0 Å². The first-order chi connectivity index (χ1) is 13.2. The van der Waals surface area contributed by atoms with E-state index in [2.05, 4.69) is 25.2 Å². The van der Waals surface area contributed by atoms with Gasteiger partial charge in [-0.15, -0.1) is 11.3 Å². The van der Waals surface area contributed by atoms with Crippen molar-refractivity contribution in [3.05, 3.63) is 59.7 Å². The summed E-state index contributed by atoms with van der Waals surface area (Å²) in [7, 11) is 0. The maximum atomic E-state index is 13.1. The molecular weight excluding hydrogens is 365 g/mol. The number of thiazole rings is 1. The third kappa shape index (κ3) is 4.11. The molecule has 1 aliphatic rings. The van der Waals surface area contributed by atoms with E-state index in [1.165, 1.54) is 24.5 Å². The fraction of sp³-hybridized carbons (Fsp3) is 0.263. The Kier molecular flexibility index (Phi) is 5.06. The lowest BCUT2D eigenvalue weighted by atomic mass is 10.1. The fourth-order valence-corrected chi connectivity index (χ4v) is 3.94. The van der Waals surface area contributed by atoms with Gasteiger partial charge in [-0.1, -0.05) is 0 Å². The number of nitrogens with one attached hydrogen (secondary N) is 1. The molecule has 3 heterocycles. The van der Waals surface area contributed by atoms with Crippen LogP contribution in [0.2, 0.25) is 0 Å². The van der Waals surface area contributed by atoms with Crippen molar-refractivity contribution in [3.8, 4) is 11.3 Å². The molecule has 2 aromatic heterocycles. The zero-order valence-electron chi connectivity index (χ0n) is 14.5. The van der Waals surface area contributed by atoms with Gasteiger partial charge in [0.1, 0.15) is 11.5 Å². The highest BCUT2D eigenvalue weighted by Gasteiger charge is 2.23. The highest BCUT2D eigenvalue weighted by Crippen LogP contribution is 2.29. The van der Waals surface area contributed by atoms with Crippen molar-refractivity contribution in [3.63, 3.8) is 0 Å². The maximum Gasteiger partial charge on any atom is 0.271 e. The molecule has 0 unspecified atom stereocenters. The average molecular weight is 383 g/mol. The van der Waals surface area contributed by atoms with E-state index in [9.17, 15) is 9.18 Å². The smallest absolute Gasteiger partial charge is 0.271 e. The van der Waals surface area contributed by atoms with Gasteiger partial charge in [0, 0.05) is 42.5 Å². The van der Waals surface area contributed by atoms with Gasteiger partial charge >= 0.3 is 0 Å². The summed E-state index contributed by atoms with van der Waals surface area (Å²) < 4.78 is 13.1. The Balaban J connectivity index is 1.34. The SMILES string of the molecule is O=C(NC1CCN(c2nc(-c3ccc(F)cc3)cs2)CC1)c1cnccn1. The van der Waals surface area contributed by atoms with E-state index < -0.39 is 0 Å². The molecule has 1 aliphatic heterocycles. The Morgan fingerprint density at radius 2 is 1.96 bits per heavy atom. The number of amides is 1. The van der Waals surface area contributed by atoms with Crippen molar-refractivity contribution in [2.45, 2.75) is 18.9 Å². The zero-order chi connectivity index (χ0) is 18.6. The lowest BCUT2D eigenvalue weighted by Gasteiger charge is -2.32. The molecule has 1 fully saturated rings. The topological polar surface area (TPSA) is 71.0 Å². The summed E-state index contributed by atoms with van der Waals surface area (Å²) in [5.41, 5.74) is 2.10. The lowest BCUT2D eigenvalue weighted by Crippen LogP contribution is -2.44. The summed E-state index contributed by atoms with van der Waals surface area (Å²) in [6.07, 6.45) is 6.22. The molecule has 0 radical (unpaired) electrons. The molecule has 0 saturated carbocycles. The first-order valence-electron chi connectivity index (χ1n) is 8.72. The Bertz CT molecular complexity index is 907. The van der Waals surface area contributed by atoms with Crippen molar-refractivity contribution in [2.75, 3.05) is 18.0 Å². The van der Waals surface area contributed by atoms with Gasteiger partial charge in [-0.25, -0.2) is 14.4 Å². The van der Waals surface area contributed by atoms with E-state index >= 15 is 0 Å². The molecule has 4 rings (SSSR count). The fourth-order valence-electron chi connectivity index (χ4n) is 3.05. The second-order valence-electron chi connectivity index (χ2n) is 6.35. The largest absolute Gasteiger partial charge is 0.348 e. The molecule has 0 spiro atoms. The Morgan fingerprint density at radius 1 is 1.19 bits per heavy atom. The summed E-state index contributed by atoms with van der Waals surface area (Å²) >= 11 is 1.58. The molecule has 138 valence electrons. The summed E-state index contributed by atoms with van der Waals surface area (Å²) in [6, 6.07) is 6.48. The minimum atomic E-state index is -0.250. The molecule has 6 nitrogen and oxygen atoms in total. The summed E-state index contributed by atoms with van der Waals surface area (Å²) in [5.74, 6) is -0.436. The molecule has 1 aromatic carbocycles. The third-order valence-electron chi connectivity index (χ3n) is 4.53. The van der Waals surface area contributed by atoms with Gasteiger partial charge in [-0.05, 0) is 37.1 Å². The summed E-state index contributed by atoms with van der Waals surface area (Å²) in [6.45, 7) is 1.64. The van der Waals surface area contributed by atoms with Gasteiger partial charge in [0.2, 0.25) is 0 Å². The second-order valence-corrected chi connectivity index (χ2v) is 7.18.